The molecule has 0 fully saturated rings. The van der Waals surface area contributed by atoms with Gasteiger partial charge in [-0.1, -0.05) is 0 Å². The maximum absolute atomic E-state index is 14.5. The fraction of sp³-hybridized carbons (Fsp3) is 1.00. The zero-order chi connectivity index (χ0) is 31.8. The number of rotatable bonds is 12. The molecule has 0 saturated carbocycles. The van der Waals surface area contributed by atoms with Gasteiger partial charge in [0.15, 0.2) is 0 Å². The van der Waals surface area contributed by atoms with Gasteiger partial charge in [0, 0.05) is 0 Å². The number of hydrogen-bond donors (Lipinski definition) is 0. The fourth-order valence-corrected chi connectivity index (χ4v) is 16.9. The second kappa shape index (κ2) is 13.2. The van der Waals surface area contributed by atoms with Crippen molar-refractivity contribution in [2.45, 2.75) is 141 Å². The fourth-order valence-electron chi connectivity index (χ4n) is 4.54. The van der Waals surface area contributed by atoms with Crippen molar-refractivity contribution in [3.05, 3.63) is 0 Å². The van der Waals surface area contributed by atoms with Crippen LogP contribution in [0.4, 0.5) is 35.1 Å². The van der Waals surface area contributed by atoms with Crippen molar-refractivity contribution in [1.29, 1.82) is 0 Å². The van der Waals surface area contributed by atoms with Gasteiger partial charge in [-0.15, -0.1) is 0 Å². The molecule has 0 unspecified atom stereocenters. The van der Waals surface area contributed by atoms with E-state index in [1.165, 1.54) is 0 Å². The van der Waals surface area contributed by atoms with Crippen LogP contribution in [-0.4, -0.2) is 91.8 Å². The van der Waals surface area contributed by atoms with Gasteiger partial charge in [0.25, 0.3) is 0 Å². The average Bonchev–Trinajstić information content (AvgIpc) is 2.67. The van der Waals surface area contributed by atoms with Crippen LogP contribution in [0.3, 0.4) is 0 Å². The Kier molecular flexibility index (Phi) is 13.7. The summed E-state index contributed by atoms with van der Waals surface area (Å²) >= 11 is 8.01. The van der Waals surface area contributed by atoms with Crippen LogP contribution in [0.1, 0.15) is 83.1 Å². The molecule has 0 saturated heterocycles. The molecule has 0 rings (SSSR count). The molecule has 0 amide bonds. The zero-order valence-corrected chi connectivity index (χ0v) is 31.1. The number of alkyl halides is 8. The van der Waals surface area contributed by atoms with E-state index in [-0.39, 0.29) is 0 Å². The molecule has 39 heavy (non-hydrogen) atoms. The van der Waals surface area contributed by atoms with E-state index in [0.717, 1.165) is 0 Å². The summed E-state index contributed by atoms with van der Waals surface area (Å²) in [5, 5.41) is -3.36. The van der Waals surface area contributed by atoms with Gasteiger partial charge in [0.05, 0.1) is 0 Å². The van der Waals surface area contributed by atoms with E-state index in [1.807, 2.05) is 0 Å². The van der Waals surface area contributed by atoms with Crippen LogP contribution in [-0.2, 0) is 29.8 Å². The van der Waals surface area contributed by atoms with Gasteiger partial charge >= 0.3 is 252 Å². The van der Waals surface area contributed by atoms with Crippen molar-refractivity contribution >= 4 is 57.7 Å². The summed E-state index contributed by atoms with van der Waals surface area (Å²) < 4.78 is 126. The van der Waals surface area contributed by atoms with Crippen LogP contribution in [0, 0.1) is 0 Å². The van der Waals surface area contributed by atoms with Crippen LogP contribution < -0.4 is 0 Å². The van der Waals surface area contributed by atoms with Crippen LogP contribution in [0.2, 0.25) is 0 Å². The Bertz CT molecular complexity index is 784. The molecule has 2 nitrogen and oxygen atoms in total. The monoisotopic (exact) mass is 762 g/mol. The van der Waals surface area contributed by atoms with Crippen molar-refractivity contribution in [2.24, 2.45) is 0 Å². The molecule has 0 aromatic rings. The normalized spacial score (nSPS) is 15.8. The Hall–Kier alpha value is 1.46. The third-order valence-corrected chi connectivity index (χ3v) is 27.8. The molecule has 15 heteroatoms. The molecular weight excluding hydrogens is 717 g/mol. The third-order valence-electron chi connectivity index (χ3n) is 7.21. The predicted molar refractivity (Wildman–Crippen MR) is 155 cm³/mol. The zero-order valence-electron chi connectivity index (χ0n) is 24.8. The molecule has 0 atom stereocenters. The first-order valence-corrected chi connectivity index (χ1v) is 20.6. The van der Waals surface area contributed by atoms with Crippen molar-refractivity contribution in [3.8, 4) is 0 Å². The first-order chi connectivity index (χ1) is 16.9. The van der Waals surface area contributed by atoms with E-state index in [2.05, 4.69) is 0 Å². The van der Waals surface area contributed by atoms with E-state index in [0.29, 0.717) is 0 Å². The number of hydrogen-bond acceptors (Lipinski definition) is 4. The Balaban J connectivity index is 6.78. The predicted octanol–water partition coefficient (Wildman–Crippen LogP) is 9.24. The van der Waals surface area contributed by atoms with Gasteiger partial charge in [-0.25, -0.2) is 0 Å². The van der Waals surface area contributed by atoms with Crippen molar-refractivity contribution in [2.75, 3.05) is 12.3 Å². The molecule has 0 N–H and O–H groups in total. The third kappa shape index (κ3) is 8.34. The summed E-state index contributed by atoms with van der Waals surface area (Å²) in [4.78, 5) is 0. The summed E-state index contributed by atoms with van der Waals surface area (Å²) in [7, 11) is 0. The van der Waals surface area contributed by atoms with E-state index >= 15 is 0 Å². The van der Waals surface area contributed by atoms with Crippen LogP contribution >= 0.6 is 12.1 Å². The second-order valence-electron chi connectivity index (χ2n) is 13.9. The molecule has 0 aliphatic heterocycles. The molecule has 0 aliphatic carbocycles. The Labute approximate surface area is 250 Å². The molecule has 0 aromatic carbocycles. The van der Waals surface area contributed by atoms with Gasteiger partial charge in [-0.05, 0) is 0 Å². The summed E-state index contributed by atoms with van der Waals surface area (Å²) in [6.07, 6.45) is -16.9. The van der Waals surface area contributed by atoms with Crippen molar-refractivity contribution in [1.82, 2.24) is 0 Å². The van der Waals surface area contributed by atoms with Gasteiger partial charge in [0.2, 0.25) is 0 Å². The quantitative estimate of drug-likeness (QED) is 0.112. The summed E-state index contributed by atoms with van der Waals surface area (Å²) in [6.45, 7) is 20.0. The van der Waals surface area contributed by atoms with E-state index in [4.69, 9.17) is 29.8 Å². The van der Waals surface area contributed by atoms with Gasteiger partial charge in [0.1, 0.15) is 0 Å². The molecule has 0 aliphatic rings. The molecule has 2 radical (unpaired) electrons. The molecular formula is C24H44F8O2P2S2Sn. The molecule has 234 valence electrons. The Morgan fingerprint density at radius 2 is 0.667 bits per heavy atom. The topological polar surface area (TPSA) is 18.5 Å². The summed E-state index contributed by atoms with van der Waals surface area (Å²) in [5.74, 6) is 0. The maximum atomic E-state index is 14.5. The number of halogens is 8. The van der Waals surface area contributed by atoms with Gasteiger partial charge < -0.3 is 0 Å². The molecule has 0 bridgehead atoms. The average molecular weight is 761 g/mol. The Morgan fingerprint density at radius 3 is 0.795 bits per heavy atom. The van der Waals surface area contributed by atoms with Crippen LogP contribution in [0.15, 0.2) is 0 Å². The van der Waals surface area contributed by atoms with Gasteiger partial charge in [-0.2, -0.15) is 0 Å². The first kappa shape index (κ1) is 40.5. The minimum atomic E-state index is -3.77. The van der Waals surface area contributed by atoms with Crippen LogP contribution in [0.25, 0.3) is 0 Å². The first-order valence-electron chi connectivity index (χ1n) is 12.3. The minimum absolute atomic E-state index is 0.841. The molecule has 0 heterocycles. The van der Waals surface area contributed by atoms with Crippen molar-refractivity contribution < 1.29 is 41.3 Å². The SMILES string of the molecule is CC(C)(C)P(=S)(CC([O][Sn][O]C(CP(=S)(C(C)(C)C)C(C)(C)C)(C(F)F)C(F)F)(C(F)F)C(F)F)C(C)(C)C. The Morgan fingerprint density at radius 1 is 0.487 bits per heavy atom. The van der Waals surface area contributed by atoms with E-state index in [9.17, 15) is 35.1 Å². The summed E-state index contributed by atoms with van der Waals surface area (Å²) in [5.41, 5.74) is -6.88. The van der Waals surface area contributed by atoms with Crippen molar-refractivity contribution in [3.63, 3.8) is 0 Å². The van der Waals surface area contributed by atoms with Gasteiger partial charge in [-0.3, -0.25) is 0 Å². The molecule has 0 aromatic heterocycles. The standard InChI is InChI=1S/2C12H22F4OPS.Sn/c2*1-10(2,3)18(19,11(4,5)6)7-12(17,8(13)14)9(15)16;/h2*8-9H,7H2,1-6H3;/q2*-1;+2. The van der Waals surface area contributed by atoms with E-state index < -0.39 is 104 Å². The molecule has 0 spiro atoms. The van der Waals surface area contributed by atoms with Crippen LogP contribution in [0.5, 0.6) is 0 Å². The van der Waals surface area contributed by atoms with E-state index in [1.54, 1.807) is 83.1 Å². The second-order valence-corrected chi connectivity index (χ2v) is 28.2. The summed E-state index contributed by atoms with van der Waals surface area (Å²) in [6, 6.07) is -6.20.